The first-order valence-corrected chi connectivity index (χ1v) is 3.44. The highest BCUT2D eigenvalue weighted by atomic mass is 15.1. The Hall–Kier alpha value is -0.530. The van der Waals surface area contributed by atoms with Gasteiger partial charge in [-0.2, -0.15) is 0 Å². The van der Waals surface area contributed by atoms with Crippen molar-refractivity contribution in [3.8, 4) is 0 Å². The molecule has 0 atom stereocenters. The number of hydrogen-bond acceptors (Lipinski definition) is 1. The van der Waals surface area contributed by atoms with Crippen LogP contribution in [0.25, 0.3) is 0 Å². The van der Waals surface area contributed by atoms with Crippen LogP contribution in [0.4, 0.5) is 0 Å². The van der Waals surface area contributed by atoms with E-state index < -0.39 is 0 Å². The molecule has 0 unspecified atom stereocenters. The molecule has 54 valence electrons. The zero-order valence-electron chi connectivity index (χ0n) is 6.81. The van der Waals surface area contributed by atoms with E-state index in [1.54, 1.807) is 0 Å². The van der Waals surface area contributed by atoms with E-state index in [0.29, 0.717) is 0 Å². The lowest BCUT2D eigenvalue weighted by Crippen LogP contribution is -2.23. The van der Waals surface area contributed by atoms with Crippen LogP contribution in [0.15, 0.2) is 4.99 Å². The largest absolute Gasteiger partial charge is 0.364 e. The fourth-order valence-electron chi connectivity index (χ4n) is 0.578. The maximum absolute atomic E-state index is 4.24. The molecule has 0 radical (unpaired) electrons. The van der Waals surface area contributed by atoms with Crippen molar-refractivity contribution in [2.24, 2.45) is 4.99 Å². The number of nitrogens with zero attached hydrogens (tertiary/aromatic N) is 2. The van der Waals surface area contributed by atoms with E-state index in [9.17, 15) is 0 Å². The van der Waals surface area contributed by atoms with Gasteiger partial charge in [-0.25, -0.2) is 0 Å². The summed E-state index contributed by atoms with van der Waals surface area (Å²) in [4.78, 5) is 6.37. The van der Waals surface area contributed by atoms with Crippen LogP contribution in [-0.2, 0) is 0 Å². The molecule has 0 rings (SSSR count). The Bertz CT molecular complexity index is 97.1. The van der Waals surface area contributed by atoms with E-state index in [1.165, 1.54) is 0 Å². The number of aliphatic imine (C=N–C) groups is 1. The highest BCUT2D eigenvalue weighted by molar-refractivity contribution is 5.79. The Morgan fingerprint density at radius 3 is 2.33 bits per heavy atom. The van der Waals surface area contributed by atoms with Gasteiger partial charge in [-0.3, -0.25) is 4.99 Å². The SMILES string of the molecule is CC/N=C(\C)N(C)CC. The van der Waals surface area contributed by atoms with E-state index in [1.807, 2.05) is 13.8 Å². The number of hydrogen-bond donors (Lipinski definition) is 0. The molecule has 0 spiro atoms. The summed E-state index contributed by atoms with van der Waals surface area (Å²) in [5.74, 6) is 1.12. The molecule has 0 heterocycles. The number of rotatable bonds is 2. The minimum absolute atomic E-state index is 0.885. The molecular formula is C7H16N2. The third-order valence-corrected chi connectivity index (χ3v) is 1.41. The summed E-state index contributed by atoms with van der Waals surface area (Å²) in [6.07, 6.45) is 0. The third-order valence-electron chi connectivity index (χ3n) is 1.41. The van der Waals surface area contributed by atoms with Gasteiger partial charge in [0, 0.05) is 20.1 Å². The summed E-state index contributed by atoms with van der Waals surface area (Å²) in [5, 5.41) is 0. The zero-order valence-corrected chi connectivity index (χ0v) is 6.81. The van der Waals surface area contributed by atoms with E-state index >= 15 is 0 Å². The van der Waals surface area contributed by atoms with E-state index in [4.69, 9.17) is 0 Å². The lowest BCUT2D eigenvalue weighted by molar-refractivity contribution is 0.530. The zero-order chi connectivity index (χ0) is 7.28. The molecule has 0 saturated heterocycles. The molecule has 2 nitrogen and oxygen atoms in total. The molecule has 0 aromatic rings. The Labute approximate surface area is 57.6 Å². The highest BCUT2D eigenvalue weighted by Crippen LogP contribution is 1.85. The van der Waals surface area contributed by atoms with Gasteiger partial charge in [0.05, 0.1) is 5.84 Å². The van der Waals surface area contributed by atoms with Crippen LogP contribution < -0.4 is 0 Å². The standard InChI is InChI=1S/C7H16N2/c1-5-8-7(3)9(4)6-2/h5-6H2,1-4H3/b8-7+. The summed E-state index contributed by atoms with van der Waals surface area (Å²) < 4.78 is 0. The van der Waals surface area contributed by atoms with Gasteiger partial charge in [0.1, 0.15) is 0 Å². The lowest BCUT2D eigenvalue weighted by atomic mass is 10.5. The van der Waals surface area contributed by atoms with Crippen molar-refractivity contribution in [2.45, 2.75) is 20.8 Å². The topological polar surface area (TPSA) is 15.6 Å². The quantitative estimate of drug-likeness (QED) is 0.405. The van der Waals surface area contributed by atoms with Crippen LogP contribution in [0.1, 0.15) is 20.8 Å². The highest BCUT2D eigenvalue weighted by Gasteiger charge is 1.92. The molecule has 0 bridgehead atoms. The fraction of sp³-hybridized carbons (Fsp3) is 0.857. The molecule has 0 aliphatic carbocycles. The summed E-state index contributed by atoms with van der Waals surface area (Å²) >= 11 is 0. The summed E-state index contributed by atoms with van der Waals surface area (Å²) in [6, 6.07) is 0. The van der Waals surface area contributed by atoms with Crippen molar-refractivity contribution in [1.29, 1.82) is 0 Å². The average Bonchev–Trinajstić information content (AvgIpc) is 1.87. The maximum atomic E-state index is 4.24. The van der Waals surface area contributed by atoms with Crippen LogP contribution in [0.2, 0.25) is 0 Å². The second-order valence-electron chi connectivity index (χ2n) is 2.04. The van der Waals surface area contributed by atoms with Gasteiger partial charge >= 0.3 is 0 Å². The molecule has 0 aromatic carbocycles. The van der Waals surface area contributed by atoms with Crippen molar-refractivity contribution in [1.82, 2.24) is 4.90 Å². The van der Waals surface area contributed by atoms with Gasteiger partial charge in [0.2, 0.25) is 0 Å². The molecule has 0 N–H and O–H groups in total. The second-order valence-corrected chi connectivity index (χ2v) is 2.04. The maximum Gasteiger partial charge on any atom is 0.0954 e. The summed E-state index contributed by atoms with van der Waals surface area (Å²) in [6.45, 7) is 8.13. The summed E-state index contributed by atoms with van der Waals surface area (Å²) in [7, 11) is 2.05. The minimum atomic E-state index is 0.885. The Morgan fingerprint density at radius 2 is 2.00 bits per heavy atom. The van der Waals surface area contributed by atoms with Crippen LogP contribution in [0.5, 0.6) is 0 Å². The predicted molar refractivity (Wildman–Crippen MR) is 42.0 cm³/mol. The van der Waals surface area contributed by atoms with Gasteiger partial charge in [-0.05, 0) is 20.8 Å². The van der Waals surface area contributed by atoms with Gasteiger partial charge in [-0.15, -0.1) is 0 Å². The molecule has 0 fully saturated rings. The third kappa shape index (κ3) is 3.12. The van der Waals surface area contributed by atoms with Gasteiger partial charge in [-0.1, -0.05) is 0 Å². The first kappa shape index (κ1) is 8.47. The molecule has 2 heteroatoms. The fourth-order valence-corrected chi connectivity index (χ4v) is 0.578. The van der Waals surface area contributed by atoms with Gasteiger partial charge in [0.15, 0.2) is 0 Å². The summed E-state index contributed by atoms with van der Waals surface area (Å²) in [5.41, 5.74) is 0. The predicted octanol–water partition coefficient (Wildman–Crippen LogP) is 1.38. The van der Waals surface area contributed by atoms with Crippen molar-refractivity contribution >= 4 is 5.84 Å². The Kier molecular flexibility index (Phi) is 4.10. The van der Waals surface area contributed by atoms with Gasteiger partial charge in [0.25, 0.3) is 0 Å². The van der Waals surface area contributed by atoms with Crippen molar-refractivity contribution in [3.63, 3.8) is 0 Å². The molecule has 9 heavy (non-hydrogen) atoms. The molecule has 0 aliphatic heterocycles. The molecule has 0 aromatic heterocycles. The van der Waals surface area contributed by atoms with Crippen molar-refractivity contribution < 1.29 is 0 Å². The minimum Gasteiger partial charge on any atom is -0.364 e. The van der Waals surface area contributed by atoms with E-state index in [-0.39, 0.29) is 0 Å². The van der Waals surface area contributed by atoms with Crippen LogP contribution in [0, 0.1) is 0 Å². The van der Waals surface area contributed by atoms with Crippen LogP contribution in [0.3, 0.4) is 0 Å². The smallest absolute Gasteiger partial charge is 0.0954 e. The molecule has 0 saturated carbocycles. The van der Waals surface area contributed by atoms with Crippen LogP contribution >= 0.6 is 0 Å². The Balaban J connectivity index is 3.70. The second kappa shape index (κ2) is 4.36. The molecule has 0 aliphatic rings. The van der Waals surface area contributed by atoms with E-state index in [2.05, 4.69) is 23.9 Å². The van der Waals surface area contributed by atoms with Crippen LogP contribution in [-0.4, -0.2) is 30.9 Å². The first-order valence-electron chi connectivity index (χ1n) is 3.44. The Morgan fingerprint density at radius 1 is 1.44 bits per heavy atom. The molecule has 0 amide bonds. The normalized spacial score (nSPS) is 11.8. The van der Waals surface area contributed by atoms with Crippen molar-refractivity contribution in [3.05, 3.63) is 0 Å². The lowest BCUT2D eigenvalue weighted by Gasteiger charge is -2.14. The monoisotopic (exact) mass is 128 g/mol. The molecular weight excluding hydrogens is 112 g/mol. The van der Waals surface area contributed by atoms with Crippen molar-refractivity contribution in [2.75, 3.05) is 20.1 Å². The average molecular weight is 128 g/mol. The van der Waals surface area contributed by atoms with E-state index in [0.717, 1.165) is 18.9 Å². The first-order chi connectivity index (χ1) is 4.22. The number of amidine groups is 1. The van der Waals surface area contributed by atoms with Gasteiger partial charge < -0.3 is 4.90 Å².